The van der Waals surface area contributed by atoms with Crippen molar-refractivity contribution in [1.29, 1.82) is 0 Å². The van der Waals surface area contributed by atoms with Gasteiger partial charge in [-0.3, -0.25) is 4.90 Å². The molecule has 0 amide bonds. The van der Waals surface area contributed by atoms with Gasteiger partial charge in [-0.05, 0) is 51.8 Å². The van der Waals surface area contributed by atoms with E-state index in [1.807, 2.05) is 0 Å². The molecule has 0 bridgehead atoms. The van der Waals surface area contributed by atoms with Gasteiger partial charge in [0.05, 0.1) is 11.2 Å². The molecule has 0 radical (unpaired) electrons. The third-order valence-electron chi connectivity index (χ3n) is 4.49. The highest BCUT2D eigenvalue weighted by Gasteiger charge is 2.41. The van der Waals surface area contributed by atoms with Gasteiger partial charge in [0.1, 0.15) is 0 Å². The number of hydrogen-bond acceptors (Lipinski definition) is 3. The van der Waals surface area contributed by atoms with Crippen molar-refractivity contribution < 1.29 is 4.74 Å². The SMILES string of the molecule is CC1(C)CN(C2CCNCc3ccccc32)CC(C)(C)O1. The second kappa shape index (κ2) is 5.38. The van der Waals surface area contributed by atoms with Gasteiger partial charge in [-0.2, -0.15) is 0 Å². The summed E-state index contributed by atoms with van der Waals surface area (Å²) in [6, 6.07) is 9.39. The third-order valence-corrected chi connectivity index (χ3v) is 4.49. The summed E-state index contributed by atoms with van der Waals surface area (Å²) >= 11 is 0. The molecule has 3 nitrogen and oxygen atoms in total. The fraction of sp³-hybridized carbons (Fsp3) is 0.667. The largest absolute Gasteiger partial charge is 0.367 e. The molecular weight excluding hydrogens is 260 g/mol. The van der Waals surface area contributed by atoms with Crippen molar-refractivity contribution in [3.8, 4) is 0 Å². The number of nitrogens with one attached hydrogen (secondary N) is 1. The van der Waals surface area contributed by atoms with Gasteiger partial charge in [0.25, 0.3) is 0 Å². The Morgan fingerprint density at radius 2 is 1.76 bits per heavy atom. The van der Waals surface area contributed by atoms with Crippen LogP contribution in [0.25, 0.3) is 0 Å². The van der Waals surface area contributed by atoms with Crippen LogP contribution in [0.1, 0.15) is 51.3 Å². The molecule has 1 N–H and O–H groups in total. The summed E-state index contributed by atoms with van der Waals surface area (Å²) < 4.78 is 6.24. The molecule has 1 atom stereocenters. The molecule has 116 valence electrons. The summed E-state index contributed by atoms with van der Waals surface area (Å²) in [5.41, 5.74) is 2.77. The van der Waals surface area contributed by atoms with Crippen molar-refractivity contribution in [2.75, 3.05) is 19.6 Å². The van der Waals surface area contributed by atoms with E-state index in [1.165, 1.54) is 17.5 Å². The molecule has 1 aromatic carbocycles. The van der Waals surface area contributed by atoms with Crippen molar-refractivity contribution in [3.63, 3.8) is 0 Å². The lowest BCUT2D eigenvalue weighted by Gasteiger charge is -2.50. The van der Waals surface area contributed by atoms with Gasteiger partial charge >= 0.3 is 0 Å². The van der Waals surface area contributed by atoms with Crippen molar-refractivity contribution in [2.24, 2.45) is 0 Å². The molecule has 1 fully saturated rings. The van der Waals surface area contributed by atoms with Crippen LogP contribution in [0.5, 0.6) is 0 Å². The summed E-state index contributed by atoms with van der Waals surface area (Å²) in [6.45, 7) is 12.9. The van der Waals surface area contributed by atoms with Crippen LogP contribution in [-0.2, 0) is 11.3 Å². The second-order valence-electron chi connectivity index (χ2n) is 7.71. The predicted octanol–water partition coefficient (Wildman–Crippen LogP) is 3.11. The molecule has 0 aliphatic carbocycles. The normalized spacial score (nSPS) is 28.7. The molecule has 1 saturated heterocycles. The van der Waals surface area contributed by atoms with E-state index in [0.29, 0.717) is 6.04 Å². The van der Waals surface area contributed by atoms with Crippen molar-refractivity contribution in [1.82, 2.24) is 10.2 Å². The molecule has 0 spiro atoms. The maximum Gasteiger partial charge on any atom is 0.0761 e. The van der Waals surface area contributed by atoms with Crippen LogP contribution in [0.15, 0.2) is 24.3 Å². The third kappa shape index (κ3) is 3.31. The lowest BCUT2D eigenvalue weighted by Crippen LogP contribution is -2.57. The first-order chi connectivity index (χ1) is 9.86. The van der Waals surface area contributed by atoms with E-state index in [4.69, 9.17) is 4.74 Å². The standard InChI is InChI=1S/C18H28N2O/c1-17(2)12-20(13-18(3,4)21-17)16-9-10-19-11-14-7-5-6-8-15(14)16/h5-8,16,19H,9-13H2,1-4H3. The van der Waals surface area contributed by atoms with Crippen molar-refractivity contribution in [3.05, 3.63) is 35.4 Å². The Balaban J connectivity index is 1.92. The van der Waals surface area contributed by atoms with Gasteiger partial charge in [-0.15, -0.1) is 0 Å². The molecule has 1 unspecified atom stereocenters. The number of ether oxygens (including phenoxy) is 1. The van der Waals surface area contributed by atoms with Crippen molar-refractivity contribution in [2.45, 2.75) is 57.9 Å². The van der Waals surface area contributed by atoms with Crippen LogP contribution in [0, 0.1) is 0 Å². The Kier molecular flexibility index (Phi) is 3.85. The first-order valence-corrected chi connectivity index (χ1v) is 8.09. The molecule has 3 heteroatoms. The number of hydrogen-bond donors (Lipinski definition) is 1. The zero-order valence-corrected chi connectivity index (χ0v) is 13.8. The molecular formula is C18H28N2O. The quantitative estimate of drug-likeness (QED) is 0.859. The molecule has 0 aromatic heterocycles. The van der Waals surface area contributed by atoms with E-state index in [-0.39, 0.29) is 11.2 Å². The van der Waals surface area contributed by atoms with Crippen molar-refractivity contribution >= 4 is 0 Å². The van der Waals surface area contributed by atoms with Gasteiger partial charge in [-0.25, -0.2) is 0 Å². The smallest absolute Gasteiger partial charge is 0.0761 e. The van der Waals surface area contributed by atoms with Crippen LogP contribution in [0.3, 0.4) is 0 Å². The minimum Gasteiger partial charge on any atom is -0.367 e. The average Bonchev–Trinajstić information content (AvgIpc) is 2.57. The van der Waals surface area contributed by atoms with E-state index >= 15 is 0 Å². The first kappa shape index (κ1) is 15.0. The summed E-state index contributed by atoms with van der Waals surface area (Å²) in [6.07, 6.45) is 1.17. The van der Waals surface area contributed by atoms with E-state index < -0.39 is 0 Å². The van der Waals surface area contributed by atoms with Crippen LogP contribution in [-0.4, -0.2) is 35.7 Å². The maximum atomic E-state index is 6.24. The fourth-order valence-electron chi connectivity index (χ4n) is 4.08. The highest BCUT2D eigenvalue weighted by Crippen LogP contribution is 2.36. The number of nitrogens with zero attached hydrogens (tertiary/aromatic N) is 1. The lowest BCUT2D eigenvalue weighted by molar-refractivity contribution is -0.188. The zero-order chi connectivity index (χ0) is 15.1. The average molecular weight is 288 g/mol. The maximum absolute atomic E-state index is 6.24. The summed E-state index contributed by atoms with van der Waals surface area (Å²) in [4.78, 5) is 2.63. The Morgan fingerprint density at radius 1 is 1.10 bits per heavy atom. The van der Waals surface area contributed by atoms with E-state index in [2.05, 4.69) is 62.2 Å². The predicted molar refractivity (Wildman–Crippen MR) is 86.3 cm³/mol. The summed E-state index contributed by atoms with van der Waals surface area (Å²) in [7, 11) is 0. The van der Waals surface area contributed by atoms with Gasteiger partial charge in [-0.1, -0.05) is 24.3 Å². The lowest BCUT2D eigenvalue weighted by atomic mass is 9.92. The van der Waals surface area contributed by atoms with Crippen LogP contribution in [0.4, 0.5) is 0 Å². The van der Waals surface area contributed by atoms with E-state index in [9.17, 15) is 0 Å². The number of morpholine rings is 1. The Bertz CT molecular complexity index is 494. The molecule has 1 aromatic rings. The van der Waals surface area contributed by atoms with Gasteiger partial charge < -0.3 is 10.1 Å². The molecule has 2 aliphatic heterocycles. The minimum atomic E-state index is -0.0869. The molecule has 2 aliphatic rings. The van der Waals surface area contributed by atoms with Crippen LogP contribution >= 0.6 is 0 Å². The van der Waals surface area contributed by atoms with Crippen LogP contribution in [0.2, 0.25) is 0 Å². The second-order valence-corrected chi connectivity index (χ2v) is 7.71. The fourth-order valence-corrected chi connectivity index (χ4v) is 4.08. The Labute approximate surface area is 128 Å². The highest BCUT2D eigenvalue weighted by atomic mass is 16.5. The van der Waals surface area contributed by atoms with Gasteiger partial charge in [0, 0.05) is 25.7 Å². The highest BCUT2D eigenvalue weighted by molar-refractivity contribution is 5.31. The Morgan fingerprint density at radius 3 is 2.48 bits per heavy atom. The number of rotatable bonds is 1. The van der Waals surface area contributed by atoms with Gasteiger partial charge in [0.15, 0.2) is 0 Å². The van der Waals surface area contributed by atoms with Gasteiger partial charge in [0.2, 0.25) is 0 Å². The molecule has 3 rings (SSSR count). The monoisotopic (exact) mass is 288 g/mol. The summed E-state index contributed by atoms with van der Waals surface area (Å²) in [5, 5.41) is 3.56. The molecule has 0 saturated carbocycles. The number of fused-ring (bicyclic) bond motifs is 1. The minimum absolute atomic E-state index is 0.0869. The first-order valence-electron chi connectivity index (χ1n) is 8.09. The zero-order valence-electron chi connectivity index (χ0n) is 13.8. The Hall–Kier alpha value is -0.900. The molecule has 21 heavy (non-hydrogen) atoms. The van der Waals surface area contributed by atoms with Crippen LogP contribution < -0.4 is 5.32 Å². The summed E-state index contributed by atoms with van der Waals surface area (Å²) in [5.74, 6) is 0. The van der Waals surface area contributed by atoms with E-state index in [1.54, 1.807) is 0 Å². The van der Waals surface area contributed by atoms with E-state index in [0.717, 1.165) is 26.2 Å². The number of benzene rings is 1. The topological polar surface area (TPSA) is 24.5 Å². The molecule has 2 heterocycles.